The van der Waals surface area contributed by atoms with Crippen molar-refractivity contribution >= 4 is 12.2 Å². The van der Waals surface area contributed by atoms with Crippen molar-refractivity contribution < 1.29 is 41.5 Å². The maximum atomic E-state index is 12.9. The number of ether oxygens (including phenoxy) is 3. The predicted molar refractivity (Wildman–Crippen MR) is 108 cm³/mol. The number of carbonyl (C=O) groups is 2. The molecule has 1 aromatic heterocycles. The molecular weight excluding hydrogens is 447 g/mol. The van der Waals surface area contributed by atoms with Crippen LogP contribution in [0.25, 0.3) is 0 Å². The fraction of sp³-hybridized carbons (Fsp3) is 0.524. The summed E-state index contributed by atoms with van der Waals surface area (Å²) >= 11 is 0. The first-order chi connectivity index (χ1) is 15.0. The van der Waals surface area contributed by atoms with Crippen molar-refractivity contribution in [3.8, 4) is 5.75 Å². The number of nitrogens with zero attached hydrogens (tertiary/aromatic N) is 2. The van der Waals surface area contributed by atoms with Crippen molar-refractivity contribution in [3.63, 3.8) is 0 Å². The molecule has 33 heavy (non-hydrogen) atoms. The van der Waals surface area contributed by atoms with Gasteiger partial charge in [0.05, 0.1) is 6.04 Å². The Balaban J connectivity index is 2.17. The Morgan fingerprint density at radius 2 is 1.58 bits per heavy atom. The van der Waals surface area contributed by atoms with Crippen molar-refractivity contribution in [2.75, 3.05) is 0 Å². The average molecular weight is 473 g/mol. The van der Waals surface area contributed by atoms with E-state index in [4.69, 9.17) is 14.2 Å². The second kappa shape index (κ2) is 9.67. The molecule has 0 spiro atoms. The first-order valence-electron chi connectivity index (χ1n) is 9.92. The molecule has 0 radical (unpaired) electrons. The molecule has 1 aromatic carbocycles. The molecule has 0 saturated carbocycles. The van der Waals surface area contributed by atoms with Gasteiger partial charge in [-0.2, -0.15) is 18.2 Å². The summed E-state index contributed by atoms with van der Waals surface area (Å²) in [5.74, 6) is -1.71. The van der Waals surface area contributed by atoms with E-state index >= 15 is 0 Å². The zero-order valence-corrected chi connectivity index (χ0v) is 19.1. The highest BCUT2D eigenvalue weighted by atomic mass is 19.4. The molecule has 0 unspecified atom stereocenters. The molecule has 0 saturated heterocycles. The van der Waals surface area contributed by atoms with Gasteiger partial charge in [0.2, 0.25) is 0 Å². The van der Waals surface area contributed by atoms with Crippen molar-refractivity contribution in [1.29, 1.82) is 0 Å². The lowest BCUT2D eigenvalue weighted by Gasteiger charge is -2.22. The third-order valence-corrected chi connectivity index (χ3v) is 3.64. The third-order valence-electron chi connectivity index (χ3n) is 3.64. The van der Waals surface area contributed by atoms with Gasteiger partial charge < -0.3 is 24.1 Å². The summed E-state index contributed by atoms with van der Waals surface area (Å²) in [6.45, 7) is 10.00. The average Bonchev–Trinajstić information content (AvgIpc) is 3.10. The number of carbonyl (C=O) groups excluding carboxylic acids is 2. The normalized spacial score (nSPS) is 13.2. The number of hydrogen-bond acceptors (Lipinski definition) is 8. The first-order valence-corrected chi connectivity index (χ1v) is 9.92. The zero-order valence-electron chi connectivity index (χ0n) is 19.1. The third kappa shape index (κ3) is 8.99. The lowest BCUT2D eigenvalue weighted by Crippen LogP contribution is -2.36. The van der Waals surface area contributed by atoms with Crippen molar-refractivity contribution in [1.82, 2.24) is 15.5 Å². The highest BCUT2D eigenvalue weighted by molar-refractivity contribution is 5.68. The maximum Gasteiger partial charge on any atom is 0.514 e. The minimum Gasteiger partial charge on any atom is -0.444 e. The topological polar surface area (TPSA) is 113 Å². The molecular formula is C21H26F3N3O6. The summed E-state index contributed by atoms with van der Waals surface area (Å²) in [6.07, 6.45) is -6.58. The number of amides is 1. The van der Waals surface area contributed by atoms with Crippen LogP contribution >= 0.6 is 0 Å². The van der Waals surface area contributed by atoms with E-state index in [1.165, 1.54) is 12.1 Å². The van der Waals surface area contributed by atoms with Gasteiger partial charge in [-0.15, -0.1) is 0 Å². The van der Waals surface area contributed by atoms with Crippen LogP contribution in [0.4, 0.5) is 22.8 Å². The lowest BCUT2D eigenvalue weighted by atomic mass is 10.1. The quantitative estimate of drug-likeness (QED) is 0.465. The molecule has 0 aliphatic carbocycles. The molecule has 1 atom stereocenters. The Hall–Kier alpha value is -3.31. The Kier molecular flexibility index (Phi) is 7.60. The number of benzene rings is 1. The van der Waals surface area contributed by atoms with Gasteiger partial charge in [0.25, 0.3) is 0 Å². The van der Waals surface area contributed by atoms with Crippen LogP contribution < -0.4 is 10.1 Å². The largest absolute Gasteiger partial charge is 0.514 e. The lowest BCUT2D eigenvalue weighted by molar-refractivity contribution is -0.159. The van der Waals surface area contributed by atoms with Crippen LogP contribution in [0.2, 0.25) is 0 Å². The van der Waals surface area contributed by atoms with E-state index in [0.717, 1.165) is 0 Å². The van der Waals surface area contributed by atoms with E-state index in [0.29, 0.717) is 5.56 Å². The maximum absolute atomic E-state index is 12.9. The fourth-order valence-corrected chi connectivity index (χ4v) is 2.44. The first kappa shape index (κ1) is 25.9. The van der Waals surface area contributed by atoms with Gasteiger partial charge in [0.1, 0.15) is 17.0 Å². The Morgan fingerprint density at radius 1 is 1.00 bits per heavy atom. The number of alkyl halides is 3. The van der Waals surface area contributed by atoms with Crippen LogP contribution in [-0.4, -0.2) is 33.6 Å². The summed E-state index contributed by atoms with van der Waals surface area (Å²) < 4.78 is 58.2. The van der Waals surface area contributed by atoms with E-state index in [-0.39, 0.29) is 18.0 Å². The highest BCUT2D eigenvalue weighted by Crippen LogP contribution is 2.29. The van der Waals surface area contributed by atoms with Crippen molar-refractivity contribution in [3.05, 3.63) is 41.5 Å². The number of alkyl carbamates (subject to hydrolysis) is 1. The molecule has 1 heterocycles. The van der Waals surface area contributed by atoms with Crippen LogP contribution in [0.1, 0.15) is 64.9 Å². The van der Waals surface area contributed by atoms with Crippen LogP contribution in [0.5, 0.6) is 5.75 Å². The van der Waals surface area contributed by atoms with Crippen molar-refractivity contribution in [2.45, 2.75) is 71.4 Å². The smallest absolute Gasteiger partial charge is 0.444 e. The minimum absolute atomic E-state index is 0.00277. The monoisotopic (exact) mass is 473 g/mol. The summed E-state index contributed by atoms with van der Waals surface area (Å²) in [5, 5.41) is 5.81. The summed E-state index contributed by atoms with van der Waals surface area (Å²) in [4.78, 5) is 27.3. The molecule has 12 heteroatoms. The number of nitrogens with one attached hydrogen (secondary N) is 1. The summed E-state index contributed by atoms with van der Waals surface area (Å²) in [5.41, 5.74) is -0.979. The molecule has 1 amide bonds. The number of halogens is 3. The van der Waals surface area contributed by atoms with Gasteiger partial charge in [-0.1, -0.05) is 17.3 Å². The van der Waals surface area contributed by atoms with Crippen LogP contribution in [0.3, 0.4) is 0 Å². The molecule has 2 rings (SSSR count). The second-order valence-electron chi connectivity index (χ2n) is 9.07. The number of aromatic nitrogens is 2. The highest BCUT2D eigenvalue weighted by Gasteiger charge is 2.39. The van der Waals surface area contributed by atoms with Gasteiger partial charge in [-0.25, -0.2) is 9.59 Å². The van der Waals surface area contributed by atoms with E-state index in [1.54, 1.807) is 53.7 Å². The Morgan fingerprint density at radius 3 is 2.06 bits per heavy atom. The van der Waals surface area contributed by atoms with Crippen LogP contribution in [0, 0.1) is 0 Å². The fourth-order valence-electron chi connectivity index (χ4n) is 2.44. The van der Waals surface area contributed by atoms with Crippen LogP contribution in [0.15, 0.2) is 28.8 Å². The van der Waals surface area contributed by atoms with Gasteiger partial charge in [-0.05, 0) is 59.2 Å². The molecule has 9 nitrogen and oxygen atoms in total. The number of rotatable bonds is 5. The summed E-state index contributed by atoms with van der Waals surface area (Å²) in [6, 6.07) is 4.99. The summed E-state index contributed by atoms with van der Waals surface area (Å²) in [7, 11) is 0. The van der Waals surface area contributed by atoms with Crippen LogP contribution in [-0.2, 0) is 22.1 Å². The Bertz CT molecular complexity index is 959. The second-order valence-corrected chi connectivity index (χ2v) is 9.07. The minimum atomic E-state index is -4.83. The van der Waals surface area contributed by atoms with Gasteiger partial charge in [-0.3, -0.25) is 0 Å². The zero-order chi connectivity index (χ0) is 25.0. The molecule has 182 valence electrons. The standard InChI is InChI=1S/C21H26F3N3O6/c1-19(2,3)31-17(28)25-14(15-26-16(33-27-15)21(22,23)24)11-12-7-9-13(10-8-12)30-18(29)32-20(4,5)6/h7-10,14H,11H2,1-6H3,(H,25,28)/t14-/m0/s1. The SMILES string of the molecule is CC(C)(C)OC(=O)N[C@@H](Cc1ccc(OC(=O)OC(C)(C)C)cc1)c1noc(C(F)(F)F)n1. The molecule has 0 bridgehead atoms. The van der Waals surface area contributed by atoms with Gasteiger partial charge >= 0.3 is 24.3 Å². The van der Waals surface area contributed by atoms with E-state index < -0.39 is 41.6 Å². The Labute approximate surface area is 188 Å². The molecule has 0 fully saturated rings. The van der Waals surface area contributed by atoms with E-state index in [9.17, 15) is 22.8 Å². The van der Waals surface area contributed by atoms with Crippen molar-refractivity contribution in [2.24, 2.45) is 0 Å². The van der Waals surface area contributed by atoms with Gasteiger partial charge in [0.15, 0.2) is 5.82 Å². The number of hydrogen-bond donors (Lipinski definition) is 1. The predicted octanol–water partition coefficient (Wildman–Crippen LogP) is 5.21. The van der Waals surface area contributed by atoms with Gasteiger partial charge in [0, 0.05) is 6.42 Å². The molecule has 0 aliphatic rings. The van der Waals surface area contributed by atoms with E-state index in [1.807, 2.05) is 0 Å². The molecule has 1 N–H and O–H groups in total. The van der Waals surface area contributed by atoms with E-state index in [2.05, 4.69) is 20.0 Å². The molecule has 0 aliphatic heterocycles. The molecule has 2 aromatic rings.